The molecule has 0 unspecified atom stereocenters. The molecule has 0 saturated carbocycles. The average Bonchev–Trinajstić information content (AvgIpc) is 2.28. The summed E-state index contributed by atoms with van der Waals surface area (Å²) >= 11 is 6.01. The summed E-state index contributed by atoms with van der Waals surface area (Å²) in [6.07, 6.45) is 0. The van der Waals surface area contributed by atoms with Crippen LogP contribution in [0.25, 0.3) is 0 Å². The number of amides is 1. The van der Waals surface area contributed by atoms with E-state index in [-0.39, 0.29) is 12.5 Å². The maximum absolute atomic E-state index is 11.9. The predicted molar refractivity (Wildman–Crippen MR) is 73.5 cm³/mol. The molecule has 2 N–H and O–H groups in total. The van der Waals surface area contributed by atoms with Crippen molar-refractivity contribution in [3.8, 4) is 11.8 Å². The zero-order valence-electron chi connectivity index (χ0n) is 10.7. The van der Waals surface area contributed by atoms with Crippen LogP contribution in [0.2, 0.25) is 5.02 Å². The number of anilines is 1. The van der Waals surface area contributed by atoms with Crippen molar-refractivity contribution in [3.05, 3.63) is 28.8 Å². The number of aliphatic hydroxyl groups excluding tert-OH is 1. The Bertz CT molecular complexity index is 507. The van der Waals surface area contributed by atoms with E-state index in [4.69, 9.17) is 16.7 Å². The molecule has 0 aliphatic heterocycles. The van der Waals surface area contributed by atoms with E-state index in [0.717, 1.165) is 0 Å². The Hall–Kier alpha value is -1.50. The second-order valence-electron chi connectivity index (χ2n) is 4.86. The number of rotatable bonds is 1. The van der Waals surface area contributed by atoms with Crippen LogP contribution in [0.15, 0.2) is 18.2 Å². The van der Waals surface area contributed by atoms with Gasteiger partial charge in [-0.1, -0.05) is 44.2 Å². The minimum absolute atomic E-state index is 0.114. The molecule has 1 aromatic carbocycles. The molecule has 18 heavy (non-hydrogen) atoms. The fourth-order valence-corrected chi connectivity index (χ4v) is 1.32. The Morgan fingerprint density at radius 2 is 2.11 bits per heavy atom. The summed E-state index contributed by atoms with van der Waals surface area (Å²) in [7, 11) is 0. The van der Waals surface area contributed by atoms with Gasteiger partial charge in [0, 0.05) is 11.0 Å². The molecule has 0 aromatic heterocycles. The summed E-state index contributed by atoms with van der Waals surface area (Å²) in [6.45, 7) is 5.27. The van der Waals surface area contributed by atoms with Crippen LogP contribution in [0.4, 0.5) is 5.69 Å². The maximum atomic E-state index is 11.9. The number of aliphatic hydroxyl groups is 1. The second kappa shape index (κ2) is 5.90. The van der Waals surface area contributed by atoms with E-state index >= 15 is 0 Å². The van der Waals surface area contributed by atoms with E-state index in [9.17, 15) is 4.79 Å². The molecule has 0 radical (unpaired) electrons. The summed E-state index contributed by atoms with van der Waals surface area (Å²) in [6, 6.07) is 5.09. The largest absolute Gasteiger partial charge is 0.384 e. The van der Waals surface area contributed by atoms with Gasteiger partial charge < -0.3 is 10.4 Å². The highest BCUT2D eigenvalue weighted by atomic mass is 35.5. The van der Waals surface area contributed by atoms with Crippen molar-refractivity contribution in [3.63, 3.8) is 0 Å². The minimum atomic E-state index is -0.490. The molecule has 0 saturated heterocycles. The smallest absolute Gasteiger partial charge is 0.229 e. The van der Waals surface area contributed by atoms with Crippen LogP contribution in [-0.4, -0.2) is 17.6 Å². The molecule has 0 heterocycles. The summed E-state index contributed by atoms with van der Waals surface area (Å²) in [5.41, 5.74) is 0.731. The van der Waals surface area contributed by atoms with Crippen LogP contribution in [0, 0.1) is 17.3 Å². The van der Waals surface area contributed by atoms with Gasteiger partial charge in [0.15, 0.2) is 0 Å². The van der Waals surface area contributed by atoms with Crippen molar-refractivity contribution >= 4 is 23.2 Å². The highest BCUT2D eigenvalue weighted by Gasteiger charge is 2.21. The molecule has 0 aliphatic rings. The van der Waals surface area contributed by atoms with Crippen molar-refractivity contribution in [1.29, 1.82) is 0 Å². The van der Waals surface area contributed by atoms with Crippen LogP contribution in [0.5, 0.6) is 0 Å². The first-order valence-electron chi connectivity index (χ1n) is 5.55. The van der Waals surface area contributed by atoms with Gasteiger partial charge in [-0.15, -0.1) is 0 Å². The number of nitrogens with one attached hydrogen (secondary N) is 1. The van der Waals surface area contributed by atoms with Crippen molar-refractivity contribution in [1.82, 2.24) is 0 Å². The number of hydrogen-bond donors (Lipinski definition) is 2. The number of carbonyl (C=O) groups excluding carboxylic acids is 1. The summed E-state index contributed by atoms with van der Waals surface area (Å²) in [5.74, 6) is 5.19. The Labute approximate surface area is 112 Å². The molecule has 0 aliphatic carbocycles. The third-order valence-corrected chi connectivity index (χ3v) is 2.54. The van der Waals surface area contributed by atoms with Crippen LogP contribution in [-0.2, 0) is 4.79 Å². The highest BCUT2D eigenvalue weighted by Crippen LogP contribution is 2.25. The monoisotopic (exact) mass is 265 g/mol. The highest BCUT2D eigenvalue weighted by molar-refractivity contribution is 6.33. The average molecular weight is 266 g/mol. The normalized spacial score (nSPS) is 10.5. The van der Waals surface area contributed by atoms with Gasteiger partial charge in [-0.05, 0) is 18.2 Å². The fraction of sp³-hybridized carbons (Fsp3) is 0.357. The van der Waals surface area contributed by atoms with Crippen LogP contribution < -0.4 is 5.32 Å². The molecule has 3 nitrogen and oxygen atoms in total. The van der Waals surface area contributed by atoms with Crippen molar-refractivity contribution < 1.29 is 9.90 Å². The van der Waals surface area contributed by atoms with Gasteiger partial charge >= 0.3 is 0 Å². The number of carbonyl (C=O) groups is 1. The second-order valence-corrected chi connectivity index (χ2v) is 5.27. The van der Waals surface area contributed by atoms with Gasteiger partial charge in [0.1, 0.15) is 6.61 Å². The predicted octanol–water partition coefficient (Wildman–Crippen LogP) is 2.67. The third kappa shape index (κ3) is 4.06. The molecule has 1 rings (SSSR count). The van der Waals surface area contributed by atoms with Crippen molar-refractivity contribution in [2.24, 2.45) is 5.41 Å². The van der Waals surface area contributed by atoms with Crippen LogP contribution >= 0.6 is 11.6 Å². The quantitative estimate of drug-likeness (QED) is 0.767. The van der Waals surface area contributed by atoms with E-state index in [0.29, 0.717) is 16.3 Å². The lowest BCUT2D eigenvalue weighted by Crippen LogP contribution is -2.27. The number of halogens is 1. The summed E-state index contributed by atoms with van der Waals surface area (Å²) in [5, 5.41) is 11.9. The lowest BCUT2D eigenvalue weighted by atomic mass is 9.95. The van der Waals surface area contributed by atoms with E-state index < -0.39 is 5.41 Å². The molecule has 0 atom stereocenters. The van der Waals surface area contributed by atoms with E-state index in [1.807, 2.05) is 20.8 Å². The van der Waals surface area contributed by atoms with Gasteiger partial charge in [-0.2, -0.15) is 0 Å². The third-order valence-electron chi connectivity index (χ3n) is 2.21. The standard InChI is InChI=1S/C14H16ClNO2/c1-14(2,3)13(18)16-12-9-10(5-4-8-17)6-7-11(12)15/h6-7,9,17H,8H2,1-3H3,(H,16,18). The van der Waals surface area contributed by atoms with Gasteiger partial charge in [0.25, 0.3) is 0 Å². The zero-order valence-corrected chi connectivity index (χ0v) is 11.4. The topological polar surface area (TPSA) is 49.3 Å². The summed E-state index contributed by atoms with van der Waals surface area (Å²) in [4.78, 5) is 11.9. The molecule has 0 bridgehead atoms. The lowest BCUT2D eigenvalue weighted by Gasteiger charge is -2.18. The van der Waals surface area contributed by atoms with E-state index in [1.165, 1.54) is 0 Å². The van der Waals surface area contributed by atoms with Gasteiger partial charge in [0.05, 0.1) is 10.7 Å². The van der Waals surface area contributed by atoms with E-state index in [1.54, 1.807) is 18.2 Å². The number of benzene rings is 1. The minimum Gasteiger partial charge on any atom is -0.384 e. The first-order chi connectivity index (χ1) is 8.34. The Balaban J connectivity index is 2.98. The molecule has 0 spiro atoms. The molecule has 0 fully saturated rings. The number of hydrogen-bond acceptors (Lipinski definition) is 2. The fourth-order valence-electron chi connectivity index (χ4n) is 1.15. The van der Waals surface area contributed by atoms with Gasteiger partial charge in [-0.25, -0.2) is 0 Å². The molecular formula is C14H16ClNO2. The molecule has 4 heteroatoms. The summed E-state index contributed by atoms with van der Waals surface area (Å²) < 4.78 is 0. The van der Waals surface area contributed by atoms with Gasteiger partial charge in [-0.3, -0.25) is 4.79 Å². The maximum Gasteiger partial charge on any atom is 0.229 e. The Kier molecular flexibility index (Phi) is 4.77. The van der Waals surface area contributed by atoms with Crippen LogP contribution in [0.1, 0.15) is 26.3 Å². The lowest BCUT2D eigenvalue weighted by molar-refractivity contribution is -0.123. The molecule has 1 amide bonds. The molecule has 96 valence electrons. The molecule has 1 aromatic rings. The van der Waals surface area contributed by atoms with Crippen molar-refractivity contribution in [2.75, 3.05) is 11.9 Å². The Morgan fingerprint density at radius 3 is 2.67 bits per heavy atom. The molecular weight excluding hydrogens is 250 g/mol. The van der Waals surface area contributed by atoms with E-state index in [2.05, 4.69) is 17.2 Å². The first-order valence-corrected chi connectivity index (χ1v) is 5.93. The van der Waals surface area contributed by atoms with Crippen molar-refractivity contribution in [2.45, 2.75) is 20.8 Å². The zero-order chi connectivity index (χ0) is 13.8. The van der Waals surface area contributed by atoms with Crippen LogP contribution in [0.3, 0.4) is 0 Å². The Morgan fingerprint density at radius 1 is 1.44 bits per heavy atom. The first kappa shape index (κ1) is 14.6. The van der Waals surface area contributed by atoms with Gasteiger partial charge in [0.2, 0.25) is 5.91 Å². The SMILES string of the molecule is CC(C)(C)C(=O)Nc1cc(C#CCO)ccc1Cl.